The van der Waals surface area contributed by atoms with Crippen LogP contribution in [0.4, 0.5) is 0 Å². The van der Waals surface area contributed by atoms with Crippen LogP contribution in [0.1, 0.15) is 22.8 Å². The van der Waals surface area contributed by atoms with Crippen molar-refractivity contribution in [2.75, 3.05) is 0 Å². The number of fused-ring (bicyclic) bond motifs is 28. The molecule has 412 valence electrons. The van der Waals surface area contributed by atoms with Crippen LogP contribution in [-0.4, -0.2) is 59.8 Å². The van der Waals surface area contributed by atoms with Crippen LogP contribution in [0, 0.1) is 41.7 Å². The zero-order valence-corrected chi connectivity index (χ0v) is 49.9. The van der Waals surface area contributed by atoms with Gasteiger partial charge in [-0.25, -0.2) is 19.9 Å². The number of hydrogen-bond donors (Lipinski definition) is 0. The van der Waals surface area contributed by atoms with E-state index in [9.17, 15) is 0 Å². The normalized spacial score (nSPS) is 11.9. The number of hydrogen-bond acceptors (Lipinski definition) is 12. The van der Waals surface area contributed by atoms with Crippen molar-refractivity contribution in [1.29, 1.82) is 0 Å². The molecule has 16 bridgehead atoms. The Kier molecular flexibility index (Phi) is 13.3. The summed E-state index contributed by atoms with van der Waals surface area (Å²) in [4.78, 5) is 77.4. The van der Waals surface area contributed by atoms with Crippen molar-refractivity contribution >= 4 is 90.5 Å². The summed E-state index contributed by atoms with van der Waals surface area (Å²) in [6.45, 7) is 0. The molecule has 89 heavy (non-hydrogen) atoms. The van der Waals surface area contributed by atoms with Gasteiger partial charge >= 0.3 is 41.7 Å². The van der Waals surface area contributed by atoms with Crippen LogP contribution in [0.2, 0.25) is 0 Å². The van der Waals surface area contributed by atoms with Gasteiger partial charge in [-0.2, -0.15) is 0 Å². The van der Waals surface area contributed by atoms with E-state index in [0.717, 1.165) is 133 Å². The predicted octanol–water partition coefficient (Wildman–Crippen LogP) is 14.3. The van der Waals surface area contributed by atoms with Gasteiger partial charge in [-0.05, 0) is 139 Å². The van der Waals surface area contributed by atoms with Crippen LogP contribution >= 0.6 is 0 Å². The molecule has 4 aromatic carbocycles. The van der Waals surface area contributed by atoms with E-state index in [-0.39, 0.29) is 41.7 Å². The fourth-order valence-corrected chi connectivity index (χ4v) is 11.8. The molecule has 0 saturated heterocycles. The third kappa shape index (κ3) is 9.49. The molecule has 0 N–H and O–H groups in total. The number of pyridine rings is 4. The molecule has 14 heterocycles. The molecule has 4 aliphatic heterocycles. The van der Waals surface area contributed by atoms with Gasteiger partial charge in [-0.15, -0.1) is 22.1 Å². The second-order valence-electron chi connectivity index (χ2n) is 21.0. The Morgan fingerprint density at radius 1 is 0.225 bits per heavy atom. The zero-order chi connectivity index (χ0) is 58.1. The van der Waals surface area contributed by atoms with Crippen molar-refractivity contribution in [3.63, 3.8) is 0 Å². The topological polar surface area (TPSA) is 211 Å². The van der Waals surface area contributed by atoms with Gasteiger partial charge in [-0.3, -0.25) is 19.9 Å². The summed E-state index contributed by atoms with van der Waals surface area (Å²) in [6.07, 6.45) is 22.5. The van der Waals surface area contributed by atoms with Gasteiger partial charge in [0.1, 0.15) is 0 Å². The van der Waals surface area contributed by atoms with Gasteiger partial charge in [0.05, 0.1) is 46.1 Å². The average molecular weight is 1270 g/mol. The van der Waals surface area contributed by atoms with E-state index in [0.29, 0.717) is 45.9 Å². The maximum atomic E-state index is 5.25. The smallest absolute Gasteiger partial charge is 0.657 e. The van der Waals surface area contributed by atoms with Crippen molar-refractivity contribution in [3.05, 3.63) is 242 Å². The van der Waals surface area contributed by atoms with Crippen molar-refractivity contribution in [2.24, 2.45) is 0 Å². The van der Waals surface area contributed by atoms with Gasteiger partial charge < -0.3 is 39.9 Å². The quantitative estimate of drug-likeness (QED) is 0.160. The molecule has 0 fully saturated rings. The summed E-state index contributed by atoms with van der Waals surface area (Å²) in [5.74, 6) is 2.21. The first-order valence-electron chi connectivity index (χ1n) is 28.4. The van der Waals surface area contributed by atoms with Crippen molar-refractivity contribution in [2.45, 2.75) is 0 Å². The van der Waals surface area contributed by atoms with E-state index in [4.69, 9.17) is 59.8 Å². The van der Waals surface area contributed by atoms with Gasteiger partial charge in [0.25, 0.3) is 0 Å². The molecule has 17 heteroatoms. The number of nitrogens with zero attached hydrogens (tertiary/aromatic N) is 16. The second-order valence-corrected chi connectivity index (χ2v) is 21.0. The van der Waals surface area contributed by atoms with Crippen molar-refractivity contribution in [3.8, 4) is 90.1 Å². The van der Waals surface area contributed by atoms with Crippen molar-refractivity contribution in [1.82, 2.24) is 79.7 Å². The minimum Gasteiger partial charge on any atom is -0.657 e. The van der Waals surface area contributed by atoms with E-state index in [2.05, 4.69) is 68.5 Å². The van der Waals surface area contributed by atoms with Crippen LogP contribution in [0.15, 0.2) is 219 Å². The molecule has 0 atom stereocenters. The van der Waals surface area contributed by atoms with Crippen molar-refractivity contribution < 1.29 is 41.7 Å². The van der Waals surface area contributed by atoms with Crippen LogP contribution in [0.5, 0.6) is 0 Å². The molecule has 14 aromatic rings. The molecule has 0 aliphatic carbocycles. The number of benzene rings is 4. The summed E-state index contributed by atoms with van der Waals surface area (Å²) in [7, 11) is 0. The molecular weight excluding hydrogens is 1230 g/mol. The summed E-state index contributed by atoms with van der Waals surface area (Å²) < 4.78 is 0. The Hall–Kier alpha value is -11.2. The first-order valence-corrected chi connectivity index (χ1v) is 28.4. The maximum Gasteiger partial charge on any atom is 4.00 e. The van der Waals surface area contributed by atoms with E-state index in [1.807, 2.05) is 146 Å². The van der Waals surface area contributed by atoms with E-state index in [1.54, 1.807) is 49.6 Å². The fraction of sp³-hybridized carbons (Fsp3) is 0. The first-order chi connectivity index (χ1) is 43.6. The molecular formula is C72H40CeN16. The molecule has 4 aliphatic rings. The van der Waals surface area contributed by atoms with E-state index < -0.39 is 0 Å². The molecule has 10 aromatic heterocycles. The fourth-order valence-electron chi connectivity index (χ4n) is 11.8. The first kappa shape index (κ1) is 53.3. The standard InChI is InChI=1S/C40H24N8.C32H16N8.Ce/c1-2-30-38(26-11-19-42-20-12-26)32-5-6-34(47-32)40(28-15-23-44-24-16-28)36-8-7-35(48-36)39(27-13-21-43-22-14-27)33-4-3-31(46-33)37(29(1)45-30)25-9-17-41-18-10-25;1-2-10-18-17(9-1)25-33-26(18)38-28-21-13-5-6-14-22(21)30(35-28)40-32-24-16-8-7-15-23(24)31(36-32)39-29-20-12-4-3-11-19(20)27(34-29)37-25;/h1-24H;1-16H;/q2*-2;+4. The Morgan fingerprint density at radius 2 is 0.461 bits per heavy atom. The van der Waals surface area contributed by atoms with Crippen LogP contribution in [0.3, 0.4) is 0 Å². The van der Waals surface area contributed by atoms with Crippen LogP contribution in [-0.2, 0) is 0 Å². The molecule has 0 spiro atoms. The Balaban J connectivity index is 0.000000143. The van der Waals surface area contributed by atoms with Gasteiger partial charge in [0.15, 0.2) is 0 Å². The summed E-state index contributed by atoms with van der Waals surface area (Å²) >= 11 is 0. The molecule has 16 nitrogen and oxygen atoms in total. The zero-order valence-electron chi connectivity index (χ0n) is 46.7. The predicted molar refractivity (Wildman–Crippen MR) is 344 cm³/mol. The minimum atomic E-state index is 0. The van der Waals surface area contributed by atoms with E-state index in [1.165, 1.54) is 0 Å². The van der Waals surface area contributed by atoms with Gasteiger partial charge in [0.2, 0.25) is 0 Å². The summed E-state index contributed by atoms with van der Waals surface area (Å²) in [5.41, 5.74) is 19.7. The third-order valence-corrected chi connectivity index (χ3v) is 15.8. The number of rotatable bonds is 4. The van der Waals surface area contributed by atoms with Crippen LogP contribution < -0.4 is 19.9 Å². The Bertz CT molecular complexity index is 4910. The monoisotopic (exact) mass is 1270 g/mol. The molecule has 18 rings (SSSR count). The largest absolute Gasteiger partial charge is 4.00 e. The molecule has 0 unspecified atom stereocenters. The maximum absolute atomic E-state index is 5.25. The van der Waals surface area contributed by atoms with Gasteiger partial charge in [-0.1, -0.05) is 121 Å². The minimum absolute atomic E-state index is 0. The third-order valence-electron chi connectivity index (χ3n) is 15.8. The summed E-state index contributed by atoms with van der Waals surface area (Å²) in [6, 6.07) is 56.0. The van der Waals surface area contributed by atoms with Crippen LogP contribution in [0.25, 0.3) is 181 Å². The summed E-state index contributed by atoms with van der Waals surface area (Å²) in [5, 5.41) is 3.57. The Labute approximate surface area is 540 Å². The Morgan fingerprint density at radius 3 is 0.708 bits per heavy atom. The molecule has 0 radical (unpaired) electrons. The average Bonchev–Trinajstić information content (AvgIpc) is 2.19. The second kappa shape index (κ2) is 22.3. The number of aromatic nitrogens is 16. The van der Waals surface area contributed by atoms with E-state index >= 15 is 0 Å². The SMILES string of the molecule is C1=Cc2nc1c(-c1ccncc1)c1ccc([n-]1)c(-c1ccncc1)c1nc(c(-c3ccncc3)c3ccc([n-]3)c2-c2ccncc2)C=C1.[Ce+4].c1ccc2c(c1)-c1nc-2nc2[n-]c(nc3nc(nc4[n-]c(n1)c1ccccc41)-c1ccccc1-3)c1ccccc21. The molecule has 0 amide bonds. The van der Waals surface area contributed by atoms with Gasteiger partial charge in [0, 0.05) is 94.4 Å². The molecule has 0 saturated carbocycles.